The maximum absolute atomic E-state index is 2.57. The molecule has 2 rings (SSSR count). The highest BCUT2D eigenvalue weighted by atomic mass is 14.5. The zero-order valence-electron chi connectivity index (χ0n) is 15.5. The molecule has 0 N–H and O–H groups in total. The second-order valence-corrected chi connectivity index (χ2v) is 9.23. The van der Waals surface area contributed by atoms with Crippen molar-refractivity contribution < 1.29 is 0 Å². The monoisotopic (exact) mass is 300 g/mol. The summed E-state index contributed by atoms with van der Waals surface area (Å²) in [7, 11) is 0. The molecule has 1 saturated carbocycles. The Labute approximate surface area is 138 Å². The standard InChI is InChI=1S/C22H36/c1-20(2,3)15-12-18-22(5,19-13-8-6-9-14-19)21(4)16-10-7-11-17-21/h6,8-9,13-14H,7,10-12,15-18H2,1-5H3/t22-/m1/s1. The van der Waals surface area contributed by atoms with Crippen LogP contribution < -0.4 is 0 Å². The molecular formula is C22H36. The quantitative estimate of drug-likeness (QED) is 0.542. The molecule has 0 aliphatic heterocycles. The lowest BCUT2D eigenvalue weighted by Crippen LogP contribution is -2.43. The van der Waals surface area contributed by atoms with Crippen LogP contribution in [0.3, 0.4) is 0 Å². The van der Waals surface area contributed by atoms with Gasteiger partial charge in [-0.1, -0.05) is 90.6 Å². The van der Waals surface area contributed by atoms with Gasteiger partial charge in [-0.3, -0.25) is 0 Å². The van der Waals surface area contributed by atoms with E-state index in [4.69, 9.17) is 0 Å². The summed E-state index contributed by atoms with van der Waals surface area (Å²) >= 11 is 0. The van der Waals surface area contributed by atoms with Gasteiger partial charge in [-0.15, -0.1) is 0 Å². The Morgan fingerprint density at radius 2 is 1.45 bits per heavy atom. The van der Waals surface area contributed by atoms with E-state index in [0.29, 0.717) is 16.2 Å². The summed E-state index contributed by atoms with van der Waals surface area (Å²) < 4.78 is 0. The summed E-state index contributed by atoms with van der Waals surface area (Å²) in [5.74, 6) is 0. The second kappa shape index (κ2) is 6.77. The largest absolute Gasteiger partial charge is 0.0622 e. The van der Waals surface area contributed by atoms with E-state index >= 15 is 0 Å². The van der Waals surface area contributed by atoms with Crippen LogP contribution in [0.2, 0.25) is 0 Å². The van der Waals surface area contributed by atoms with Crippen LogP contribution in [0, 0.1) is 10.8 Å². The third-order valence-electron chi connectivity index (χ3n) is 6.30. The Hall–Kier alpha value is -0.780. The zero-order chi connectivity index (χ0) is 16.3. The van der Waals surface area contributed by atoms with Gasteiger partial charge in [0.05, 0.1) is 0 Å². The number of benzene rings is 1. The van der Waals surface area contributed by atoms with Crippen molar-refractivity contribution in [3.8, 4) is 0 Å². The zero-order valence-corrected chi connectivity index (χ0v) is 15.5. The molecule has 0 aromatic heterocycles. The maximum Gasteiger partial charge on any atom is -0.00215 e. The molecule has 0 unspecified atom stereocenters. The minimum atomic E-state index is 0.319. The number of hydrogen-bond acceptors (Lipinski definition) is 0. The highest BCUT2D eigenvalue weighted by Crippen LogP contribution is 2.53. The summed E-state index contributed by atoms with van der Waals surface area (Å²) in [5, 5.41) is 0. The van der Waals surface area contributed by atoms with Crippen LogP contribution >= 0.6 is 0 Å². The van der Waals surface area contributed by atoms with Crippen LogP contribution in [-0.2, 0) is 5.41 Å². The molecule has 1 aromatic rings. The molecule has 0 radical (unpaired) electrons. The van der Waals surface area contributed by atoms with E-state index in [1.807, 2.05) is 0 Å². The first-order valence-electron chi connectivity index (χ1n) is 9.32. The normalized spacial score (nSPS) is 21.3. The van der Waals surface area contributed by atoms with E-state index in [1.54, 1.807) is 5.56 Å². The molecule has 0 heterocycles. The maximum atomic E-state index is 2.57. The van der Waals surface area contributed by atoms with Crippen LogP contribution in [0.15, 0.2) is 30.3 Å². The Bertz CT molecular complexity index is 445. The van der Waals surface area contributed by atoms with Gasteiger partial charge in [-0.25, -0.2) is 0 Å². The van der Waals surface area contributed by atoms with Gasteiger partial charge in [0.1, 0.15) is 0 Å². The fraction of sp³-hybridized carbons (Fsp3) is 0.727. The van der Waals surface area contributed by atoms with Gasteiger partial charge in [0.15, 0.2) is 0 Å². The Kier molecular flexibility index (Phi) is 5.41. The highest BCUT2D eigenvalue weighted by Gasteiger charge is 2.45. The van der Waals surface area contributed by atoms with Crippen molar-refractivity contribution in [2.45, 2.75) is 91.4 Å². The van der Waals surface area contributed by atoms with Crippen molar-refractivity contribution in [2.24, 2.45) is 10.8 Å². The van der Waals surface area contributed by atoms with Crippen LogP contribution in [0.1, 0.15) is 91.5 Å². The summed E-state index contributed by atoms with van der Waals surface area (Å²) in [6.07, 6.45) is 11.0. The molecule has 1 aromatic carbocycles. The van der Waals surface area contributed by atoms with E-state index in [2.05, 4.69) is 65.0 Å². The molecule has 0 heteroatoms. The predicted octanol–water partition coefficient (Wildman–Crippen LogP) is 7.13. The van der Waals surface area contributed by atoms with Crippen LogP contribution in [-0.4, -0.2) is 0 Å². The Morgan fingerprint density at radius 3 is 2.00 bits per heavy atom. The third kappa shape index (κ3) is 3.94. The lowest BCUT2D eigenvalue weighted by molar-refractivity contribution is 0.0818. The average molecular weight is 301 g/mol. The first kappa shape index (κ1) is 17.6. The predicted molar refractivity (Wildman–Crippen MR) is 98.3 cm³/mol. The van der Waals surface area contributed by atoms with E-state index in [-0.39, 0.29) is 0 Å². The lowest BCUT2D eigenvalue weighted by Gasteiger charge is -2.50. The van der Waals surface area contributed by atoms with E-state index < -0.39 is 0 Å². The highest BCUT2D eigenvalue weighted by molar-refractivity contribution is 5.28. The lowest BCUT2D eigenvalue weighted by atomic mass is 9.54. The van der Waals surface area contributed by atoms with Gasteiger partial charge in [0, 0.05) is 0 Å². The Balaban J connectivity index is 2.24. The van der Waals surface area contributed by atoms with E-state index in [9.17, 15) is 0 Å². The van der Waals surface area contributed by atoms with Crippen molar-refractivity contribution >= 4 is 0 Å². The summed E-state index contributed by atoms with van der Waals surface area (Å²) in [4.78, 5) is 0. The van der Waals surface area contributed by atoms with Crippen LogP contribution in [0.5, 0.6) is 0 Å². The average Bonchev–Trinajstić information content (AvgIpc) is 2.47. The summed E-state index contributed by atoms with van der Waals surface area (Å²) in [5.41, 5.74) is 2.79. The van der Waals surface area contributed by atoms with Crippen molar-refractivity contribution in [1.82, 2.24) is 0 Å². The number of rotatable bonds is 5. The molecule has 22 heavy (non-hydrogen) atoms. The van der Waals surface area contributed by atoms with Crippen LogP contribution in [0.4, 0.5) is 0 Å². The second-order valence-electron chi connectivity index (χ2n) is 9.23. The molecule has 1 aliphatic rings. The van der Waals surface area contributed by atoms with Gasteiger partial charge >= 0.3 is 0 Å². The molecule has 0 saturated heterocycles. The van der Waals surface area contributed by atoms with E-state index in [1.165, 1.54) is 51.4 Å². The minimum Gasteiger partial charge on any atom is -0.0622 e. The third-order valence-corrected chi connectivity index (χ3v) is 6.30. The smallest absolute Gasteiger partial charge is 0.00215 e. The van der Waals surface area contributed by atoms with Gasteiger partial charge in [-0.05, 0) is 47.5 Å². The molecule has 0 spiro atoms. The van der Waals surface area contributed by atoms with Crippen molar-refractivity contribution in [3.05, 3.63) is 35.9 Å². The molecule has 1 fully saturated rings. The van der Waals surface area contributed by atoms with Gasteiger partial charge < -0.3 is 0 Å². The fourth-order valence-corrected chi connectivity index (χ4v) is 4.46. The molecule has 0 amide bonds. The van der Waals surface area contributed by atoms with Gasteiger partial charge in [-0.2, -0.15) is 0 Å². The van der Waals surface area contributed by atoms with Crippen molar-refractivity contribution in [1.29, 1.82) is 0 Å². The topological polar surface area (TPSA) is 0 Å². The SMILES string of the molecule is CC(C)(C)CCC[C@](C)(c1ccccc1)C1(C)CCCCC1. The van der Waals surface area contributed by atoms with Crippen LogP contribution in [0.25, 0.3) is 0 Å². The molecule has 124 valence electrons. The Morgan fingerprint density at radius 1 is 0.864 bits per heavy atom. The molecule has 1 aliphatic carbocycles. The van der Waals surface area contributed by atoms with Crippen molar-refractivity contribution in [2.75, 3.05) is 0 Å². The summed E-state index contributed by atoms with van der Waals surface area (Å²) in [6, 6.07) is 11.4. The van der Waals surface area contributed by atoms with E-state index in [0.717, 1.165) is 0 Å². The molecular weight excluding hydrogens is 264 g/mol. The van der Waals surface area contributed by atoms with Gasteiger partial charge in [0.2, 0.25) is 0 Å². The minimum absolute atomic E-state index is 0.319. The fourth-order valence-electron chi connectivity index (χ4n) is 4.46. The summed E-state index contributed by atoms with van der Waals surface area (Å²) in [6.45, 7) is 12.2. The van der Waals surface area contributed by atoms with Gasteiger partial charge in [0.25, 0.3) is 0 Å². The number of hydrogen-bond donors (Lipinski definition) is 0. The molecule has 0 bridgehead atoms. The first-order chi connectivity index (χ1) is 10.3. The van der Waals surface area contributed by atoms with Crippen molar-refractivity contribution in [3.63, 3.8) is 0 Å². The first-order valence-corrected chi connectivity index (χ1v) is 9.32. The molecule has 1 atom stereocenters. The molecule has 0 nitrogen and oxygen atoms in total.